The topological polar surface area (TPSA) is 12.0 Å². The van der Waals surface area contributed by atoms with Crippen molar-refractivity contribution in [1.82, 2.24) is 5.32 Å². The highest BCUT2D eigenvalue weighted by molar-refractivity contribution is 7.98. The number of hydrogen-bond acceptors (Lipinski definition) is 3. The molecule has 0 saturated carbocycles. The lowest BCUT2D eigenvalue weighted by atomic mass is 10.0. The summed E-state index contributed by atoms with van der Waals surface area (Å²) >= 11 is 10.4. The van der Waals surface area contributed by atoms with Crippen molar-refractivity contribution in [3.8, 4) is 0 Å². The molecule has 1 atom stereocenters. The smallest absolute Gasteiger partial charge is 0.0453 e. The molecule has 0 aliphatic carbocycles. The number of thioether (sulfide) groups is 1. The average molecular weight is 338 g/mol. The van der Waals surface area contributed by atoms with Gasteiger partial charge in [0, 0.05) is 26.6 Å². The van der Waals surface area contributed by atoms with Gasteiger partial charge in [-0.3, -0.25) is 0 Å². The van der Waals surface area contributed by atoms with Crippen LogP contribution in [0.1, 0.15) is 32.5 Å². The molecule has 4 heteroatoms. The summed E-state index contributed by atoms with van der Waals surface area (Å²) in [4.78, 5) is 3.03. The van der Waals surface area contributed by atoms with Crippen LogP contribution in [0, 0.1) is 6.92 Å². The van der Waals surface area contributed by atoms with Crippen LogP contribution in [0.4, 0.5) is 0 Å². The molecule has 0 amide bonds. The Balaban J connectivity index is 1.83. The van der Waals surface area contributed by atoms with Gasteiger partial charge < -0.3 is 5.32 Å². The highest BCUT2D eigenvalue weighted by Crippen LogP contribution is 2.36. The lowest BCUT2D eigenvalue weighted by Gasteiger charge is -2.16. The van der Waals surface area contributed by atoms with E-state index < -0.39 is 0 Å². The Kier molecular flexibility index (Phi) is 4.95. The number of rotatable bonds is 4. The maximum absolute atomic E-state index is 6.39. The van der Waals surface area contributed by atoms with Crippen molar-refractivity contribution in [1.29, 1.82) is 0 Å². The van der Waals surface area contributed by atoms with E-state index in [9.17, 15) is 0 Å². The Labute approximate surface area is 140 Å². The quantitative estimate of drug-likeness (QED) is 0.842. The third kappa shape index (κ3) is 3.48. The van der Waals surface area contributed by atoms with E-state index in [1.165, 1.54) is 33.9 Å². The maximum atomic E-state index is 6.39. The van der Waals surface area contributed by atoms with Crippen LogP contribution in [0.15, 0.2) is 24.3 Å². The predicted octanol–water partition coefficient (Wildman–Crippen LogP) is 5.00. The van der Waals surface area contributed by atoms with E-state index >= 15 is 0 Å². The van der Waals surface area contributed by atoms with E-state index in [-0.39, 0.29) is 0 Å². The first kappa shape index (κ1) is 15.4. The molecule has 1 aliphatic heterocycles. The number of aryl methyl sites for hydroxylation is 2. The molecule has 2 heterocycles. The van der Waals surface area contributed by atoms with Crippen molar-refractivity contribution in [3.05, 3.63) is 55.7 Å². The van der Waals surface area contributed by atoms with Crippen molar-refractivity contribution >= 4 is 34.7 Å². The predicted molar refractivity (Wildman–Crippen MR) is 95.9 cm³/mol. The fourth-order valence-corrected chi connectivity index (χ4v) is 5.52. The maximum Gasteiger partial charge on any atom is 0.0453 e. The van der Waals surface area contributed by atoms with Gasteiger partial charge in [0.25, 0.3) is 0 Å². The Morgan fingerprint density at radius 2 is 2.19 bits per heavy atom. The Bertz CT molecular complexity index is 612. The van der Waals surface area contributed by atoms with Crippen LogP contribution in [0.25, 0.3) is 0 Å². The number of hydrogen-bond donors (Lipinski definition) is 1. The Morgan fingerprint density at radius 1 is 1.33 bits per heavy atom. The van der Waals surface area contributed by atoms with E-state index in [1.807, 2.05) is 30.1 Å². The summed E-state index contributed by atoms with van der Waals surface area (Å²) in [5, 5.41) is 4.34. The summed E-state index contributed by atoms with van der Waals surface area (Å²) < 4.78 is 0. The summed E-state index contributed by atoms with van der Waals surface area (Å²) in [6, 6.07) is 9.11. The van der Waals surface area contributed by atoms with Gasteiger partial charge in [-0.25, -0.2) is 0 Å². The van der Waals surface area contributed by atoms with Crippen LogP contribution >= 0.6 is 34.7 Å². The van der Waals surface area contributed by atoms with Crippen LogP contribution in [0.3, 0.4) is 0 Å². The Hall–Kier alpha value is -0.480. The SMILES string of the molecule is CNC(Cc1ccc(C)cc1Cl)c1cc2c(s1)CCSC2. The molecular weight excluding hydrogens is 318 g/mol. The third-order valence-electron chi connectivity index (χ3n) is 3.97. The lowest BCUT2D eigenvalue weighted by Crippen LogP contribution is -2.17. The van der Waals surface area contributed by atoms with E-state index in [1.54, 1.807) is 10.4 Å². The van der Waals surface area contributed by atoms with Crippen LogP contribution in [-0.2, 0) is 18.6 Å². The van der Waals surface area contributed by atoms with E-state index in [4.69, 9.17) is 11.6 Å². The van der Waals surface area contributed by atoms with Gasteiger partial charge in [-0.1, -0.05) is 23.7 Å². The second-order valence-electron chi connectivity index (χ2n) is 5.54. The number of benzene rings is 1. The standard InChI is InChI=1S/C17H20ClNS2/c1-11-3-4-12(14(18)7-11)8-15(19-2)17-9-13-10-20-6-5-16(13)21-17/h3-4,7,9,15,19H,5-6,8,10H2,1-2H3. The van der Waals surface area contributed by atoms with Gasteiger partial charge >= 0.3 is 0 Å². The van der Waals surface area contributed by atoms with Crippen molar-refractivity contribution in [2.45, 2.75) is 31.6 Å². The first-order valence-electron chi connectivity index (χ1n) is 7.29. The molecule has 112 valence electrons. The summed E-state index contributed by atoms with van der Waals surface area (Å²) in [6.07, 6.45) is 2.18. The van der Waals surface area contributed by atoms with Gasteiger partial charge in [-0.05, 0) is 61.4 Å². The fraction of sp³-hybridized carbons (Fsp3) is 0.412. The number of thiophene rings is 1. The van der Waals surface area contributed by atoms with Gasteiger partial charge in [-0.15, -0.1) is 11.3 Å². The summed E-state index contributed by atoms with van der Waals surface area (Å²) in [5.41, 5.74) is 3.98. The number of fused-ring (bicyclic) bond motifs is 1. The van der Waals surface area contributed by atoms with E-state index in [0.717, 1.165) is 11.4 Å². The van der Waals surface area contributed by atoms with Crippen molar-refractivity contribution < 1.29 is 0 Å². The van der Waals surface area contributed by atoms with Gasteiger partial charge in [-0.2, -0.15) is 11.8 Å². The minimum atomic E-state index is 0.353. The third-order valence-corrected chi connectivity index (χ3v) is 6.68. The van der Waals surface area contributed by atoms with Crippen LogP contribution < -0.4 is 5.32 Å². The molecule has 2 aromatic rings. The Morgan fingerprint density at radius 3 is 2.90 bits per heavy atom. The molecule has 0 saturated heterocycles. The van der Waals surface area contributed by atoms with Crippen LogP contribution in [0.2, 0.25) is 5.02 Å². The lowest BCUT2D eigenvalue weighted by molar-refractivity contribution is 0.602. The second kappa shape index (κ2) is 6.74. The first-order chi connectivity index (χ1) is 10.2. The molecule has 0 fully saturated rings. The zero-order chi connectivity index (χ0) is 14.8. The van der Waals surface area contributed by atoms with Gasteiger partial charge in [0.05, 0.1) is 0 Å². The monoisotopic (exact) mass is 337 g/mol. The molecule has 1 nitrogen and oxygen atoms in total. The first-order valence-corrected chi connectivity index (χ1v) is 9.64. The number of likely N-dealkylation sites (N-methyl/N-ethyl adjacent to an activating group) is 1. The molecular formula is C17H20ClNS2. The zero-order valence-electron chi connectivity index (χ0n) is 12.4. The minimum Gasteiger partial charge on any atom is -0.312 e. The zero-order valence-corrected chi connectivity index (χ0v) is 14.8. The van der Waals surface area contributed by atoms with Gasteiger partial charge in [0.1, 0.15) is 0 Å². The highest BCUT2D eigenvalue weighted by atomic mass is 35.5. The van der Waals surface area contributed by atoms with E-state index in [2.05, 4.69) is 36.5 Å². The van der Waals surface area contributed by atoms with Crippen molar-refractivity contribution in [2.24, 2.45) is 0 Å². The summed E-state index contributed by atoms with van der Waals surface area (Å²) in [7, 11) is 2.04. The second-order valence-corrected chi connectivity index (χ2v) is 8.22. The molecule has 3 rings (SSSR count). The van der Waals surface area contributed by atoms with Gasteiger partial charge in [0.2, 0.25) is 0 Å². The fourth-order valence-electron chi connectivity index (χ4n) is 2.72. The van der Waals surface area contributed by atoms with E-state index in [0.29, 0.717) is 6.04 Å². The normalized spacial score (nSPS) is 15.8. The number of nitrogens with one attached hydrogen (secondary N) is 1. The number of halogens is 1. The average Bonchev–Trinajstić information content (AvgIpc) is 2.90. The largest absolute Gasteiger partial charge is 0.312 e. The molecule has 1 unspecified atom stereocenters. The molecule has 1 aromatic carbocycles. The molecule has 0 radical (unpaired) electrons. The highest BCUT2D eigenvalue weighted by Gasteiger charge is 2.19. The minimum absolute atomic E-state index is 0.353. The van der Waals surface area contributed by atoms with Gasteiger partial charge in [0.15, 0.2) is 0 Å². The van der Waals surface area contributed by atoms with Crippen LogP contribution in [0.5, 0.6) is 0 Å². The molecule has 0 spiro atoms. The van der Waals surface area contributed by atoms with Crippen molar-refractivity contribution in [2.75, 3.05) is 12.8 Å². The van der Waals surface area contributed by atoms with Crippen molar-refractivity contribution in [3.63, 3.8) is 0 Å². The molecule has 1 aliphatic rings. The summed E-state index contributed by atoms with van der Waals surface area (Å²) in [6.45, 7) is 2.08. The molecule has 1 N–H and O–H groups in total. The molecule has 0 bridgehead atoms. The summed E-state index contributed by atoms with van der Waals surface area (Å²) in [5.74, 6) is 2.44. The molecule has 21 heavy (non-hydrogen) atoms. The molecule has 1 aromatic heterocycles. The van der Waals surface area contributed by atoms with Crippen LogP contribution in [-0.4, -0.2) is 12.8 Å².